The molecule has 110 valence electrons. The van der Waals surface area contributed by atoms with Gasteiger partial charge in [0.15, 0.2) is 0 Å². The second-order valence-electron chi connectivity index (χ2n) is 8.96. The van der Waals surface area contributed by atoms with Gasteiger partial charge in [-0.05, 0) is 89.4 Å². The highest BCUT2D eigenvalue weighted by Crippen LogP contribution is 2.59. The lowest BCUT2D eigenvalue weighted by Gasteiger charge is -2.57. The standard InChI is InChI=1S/C17H31NO/c1-15(2,16(3,4)19)18-11-17-8-12-5-13(9-17)7-14(6-12)10-17/h12-14,18-19H,5-11H2,1-4H3. The Morgan fingerprint density at radius 1 is 0.947 bits per heavy atom. The molecule has 4 saturated carbocycles. The molecule has 0 unspecified atom stereocenters. The van der Waals surface area contributed by atoms with Crippen molar-refractivity contribution in [1.82, 2.24) is 5.32 Å². The molecule has 0 saturated heterocycles. The predicted molar refractivity (Wildman–Crippen MR) is 79.0 cm³/mol. The number of nitrogens with one attached hydrogen (secondary N) is 1. The van der Waals surface area contributed by atoms with Crippen LogP contribution in [-0.2, 0) is 0 Å². The summed E-state index contributed by atoms with van der Waals surface area (Å²) in [4.78, 5) is 0. The number of rotatable bonds is 4. The van der Waals surface area contributed by atoms with Gasteiger partial charge in [-0.15, -0.1) is 0 Å². The molecule has 0 amide bonds. The Morgan fingerprint density at radius 2 is 1.37 bits per heavy atom. The van der Waals surface area contributed by atoms with Crippen LogP contribution in [0.15, 0.2) is 0 Å². The first-order chi connectivity index (χ1) is 8.69. The fourth-order valence-corrected chi connectivity index (χ4v) is 5.13. The average Bonchev–Trinajstić information content (AvgIpc) is 2.23. The molecule has 0 atom stereocenters. The van der Waals surface area contributed by atoms with E-state index in [0.717, 1.165) is 24.3 Å². The highest BCUT2D eigenvalue weighted by Gasteiger charge is 2.51. The lowest BCUT2D eigenvalue weighted by atomic mass is 9.49. The molecule has 2 heteroatoms. The zero-order chi connectivity index (χ0) is 13.9. The zero-order valence-corrected chi connectivity index (χ0v) is 13.1. The van der Waals surface area contributed by atoms with Gasteiger partial charge in [0, 0.05) is 12.1 Å². The Bertz CT molecular complexity index is 317. The summed E-state index contributed by atoms with van der Waals surface area (Å²) in [5.74, 6) is 3.04. The van der Waals surface area contributed by atoms with E-state index in [1.165, 1.54) is 38.5 Å². The van der Waals surface area contributed by atoms with Crippen molar-refractivity contribution < 1.29 is 5.11 Å². The third-order valence-corrected chi connectivity index (χ3v) is 6.60. The van der Waals surface area contributed by atoms with Crippen LogP contribution >= 0.6 is 0 Å². The van der Waals surface area contributed by atoms with E-state index in [0.29, 0.717) is 5.41 Å². The van der Waals surface area contributed by atoms with E-state index >= 15 is 0 Å². The molecule has 0 aromatic rings. The highest BCUT2D eigenvalue weighted by atomic mass is 16.3. The second-order valence-corrected chi connectivity index (χ2v) is 8.96. The van der Waals surface area contributed by atoms with Crippen molar-refractivity contribution in [3.63, 3.8) is 0 Å². The normalized spacial score (nSPS) is 41.8. The summed E-state index contributed by atoms with van der Waals surface area (Å²) in [5, 5.41) is 14.0. The Morgan fingerprint density at radius 3 is 1.74 bits per heavy atom. The van der Waals surface area contributed by atoms with E-state index in [1.807, 2.05) is 13.8 Å². The minimum atomic E-state index is -0.671. The van der Waals surface area contributed by atoms with Crippen molar-refractivity contribution in [2.75, 3.05) is 6.54 Å². The zero-order valence-electron chi connectivity index (χ0n) is 13.1. The molecule has 4 rings (SSSR count). The third-order valence-electron chi connectivity index (χ3n) is 6.60. The van der Waals surface area contributed by atoms with Gasteiger partial charge in [-0.1, -0.05) is 0 Å². The average molecular weight is 265 g/mol. The van der Waals surface area contributed by atoms with Crippen molar-refractivity contribution in [3.8, 4) is 0 Å². The lowest BCUT2D eigenvalue weighted by Crippen LogP contribution is -2.60. The van der Waals surface area contributed by atoms with Gasteiger partial charge < -0.3 is 10.4 Å². The van der Waals surface area contributed by atoms with E-state index in [1.54, 1.807) is 0 Å². The van der Waals surface area contributed by atoms with E-state index in [4.69, 9.17) is 0 Å². The summed E-state index contributed by atoms with van der Waals surface area (Å²) in [7, 11) is 0. The molecule has 0 aromatic carbocycles. The summed E-state index contributed by atoms with van der Waals surface area (Å²) in [6, 6.07) is 0. The van der Waals surface area contributed by atoms with Crippen molar-refractivity contribution in [1.29, 1.82) is 0 Å². The molecule has 0 heterocycles. The molecule has 4 bridgehead atoms. The van der Waals surface area contributed by atoms with Crippen LogP contribution < -0.4 is 5.32 Å². The van der Waals surface area contributed by atoms with Crippen LogP contribution in [0.25, 0.3) is 0 Å². The first-order valence-corrected chi connectivity index (χ1v) is 8.17. The molecule has 0 aliphatic heterocycles. The van der Waals surface area contributed by atoms with Gasteiger partial charge in [-0.3, -0.25) is 0 Å². The number of hydrogen-bond acceptors (Lipinski definition) is 2. The van der Waals surface area contributed by atoms with Crippen LogP contribution in [0.5, 0.6) is 0 Å². The summed E-state index contributed by atoms with van der Waals surface area (Å²) >= 11 is 0. The highest BCUT2D eigenvalue weighted by molar-refractivity contribution is 5.04. The molecular weight excluding hydrogens is 234 g/mol. The smallest absolute Gasteiger partial charge is 0.0767 e. The Labute approximate surface area is 118 Å². The summed E-state index contributed by atoms with van der Waals surface area (Å²) in [6.45, 7) is 9.20. The lowest BCUT2D eigenvalue weighted by molar-refractivity contribution is -0.0657. The minimum Gasteiger partial charge on any atom is -0.389 e. The van der Waals surface area contributed by atoms with Gasteiger partial charge in [-0.25, -0.2) is 0 Å². The minimum absolute atomic E-state index is 0.212. The second kappa shape index (κ2) is 4.21. The first-order valence-electron chi connectivity index (χ1n) is 8.17. The Kier molecular flexibility index (Phi) is 3.07. The largest absolute Gasteiger partial charge is 0.389 e. The SMILES string of the molecule is CC(C)(O)C(C)(C)NCC12CC3CC(CC(C3)C1)C2. The maximum atomic E-state index is 10.3. The fraction of sp³-hybridized carbons (Fsp3) is 1.00. The summed E-state index contributed by atoms with van der Waals surface area (Å²) in [6.07, 6.45) is 8.84. The van der Waals surface area contributed by atoms with Crippen LogP contribution in [-0.4, -0.2) is 22.8 Å². The molecule has 0 aromatic heterocycles. The predicted octanol–water partition coefficient (Wildman–Crippen LogP) is 3.34. The maximum absolute atomic E-state index is 10.3. The molecule has 2 nitrogen and oxygen atoms in total. The quantitative estimate of drug-likeness (QED) is 0.817. The van der Waals surface area contributed by atoms with Gasteiger partial charge in [0.1, 0.15) is 0 Å². The first kappa shape index (κ1) is 13.9. The van der Waals surface area contributed by atoms with E-state index < -0.39 is 5.60 Å². The number of aliphatic hydroxyl groups is 1. The van der Waals surface area contributed by atoms with Crippen molar-refractivity contribution in [2.24, 2.45) is 23.2 Å². The fourth-order valence-electron chi connectivity index (χ4n) is 5.13. The maximum Gasteiger partial charge on any atom is 0.0767 e. The van der Waals surface area contributed by atoms with Crippen LogP contribution in [0.2, 0.25) is 0 Å². The van der Waals surface area contributed by atoms with Gasteiger partial charge in [0.2, 0.25) is 0 Å². The van der Waals surface area contributed by atoms with E-state index in [-0.39, 0.29) is 5.54 Å². The van der Waals surface area contributed by atoms with Gasteiger partial charge in [0.25, 0.3) is 0 Å². The molecule has 0 radical (unpaired) electrons. The van der Waals surface area contributed by atoms with Gasteiger partial charge >= 0.3 is 0 Å². The summed E-state index contributed by atoms with van der Waals surface area (Å²) in [5.41, 5.74) is -0.330. The monoisotopic (exact) mass is 265 g/mol. The topological polar surface area (TPSA) is 32.3 Å². The molecule has 4 aliphatic rings. The van der Waals surface area contributed by atoms with Gasteiger partial charge in [0.05, 0.1) is 5.60 Å². The Hall–Kier alpha value is -0.0800. The molecule has 4 aliphatic carbocycles. The third kappa shape index (κ3) is 2.47. The van der Waals surface area contributed by atoms with Crippen LogP contribution in [0, 0.1) is 23.2 Å². The van der Waals surface area contributed by atoms with Crippen LogP contribution in [0.1, 0.15) is 66.2 Å². The molecular formula is C17H31NO. The molecule has 4 fully saturated rings. The molecule has 2 N–H and O–H groups in total. The number of hydrogen-bond donors (Lipinski definition) is 2. The van der Waals surface area contributed by atoms with E-state index in [2.05, 4.69) is 19.2 Å². The van der Waals surface area contributed by atoms with Crippen molar-refractivity contribution in [3.05, 3.63) is 0 Å². The van der Waals surface area contributed by atoms with Crippen LogP contribution in [0.3, 0.4) is 0 Å². The van der Waals surface area contributed by atoms with Crippen LogP contribution in [0.4, 0.5) is 0 Å². The van der Waals surface area contributed by atoms with E-state index in [9.17, 15) is 5.11 Å². The van der Waals surface area contributed by atoms with Crippen molar-refractivity contribution >= 4 is 0 Å². The van der Waals surface area contributed by atoms with Gasteiger partial charge in [-0.2, -0.15) is 0 Å². The molecule has 19 heavy (non-hydrogen) atoms. The summed E-state index contributed by atoms with van der Waals surface area (Å²) < 4.78 is 0. The van der Waals surface area contributed by atoms with Crippen molar-refractivity contribution in [2.45, 2.75) is 77.4 Å². The molecule has 0 spiro atoms. The Balaban J connectivity index is 1.67.